The van der Waals surface area contributed by atoms with Gasteiger partial charge in [0.05, 0.1) is 0 Å². The van der Waals surface area contributed by atoms with Gasteiger partial charge >= 0.3 is 10.2 Å². The van der Waals surface area contributed by atoms with E-state index in [-0.39, 0.29) is 5.75 Å². The molecule has 0 saturated heterocycles. The third-order valence-electron chi connectivity index (χ3n) is 1.55. The van der Waals surface area contributed by atoms with Crippen LogP contribution in [0.25, 0.3) is 0 Å². The molecule has 82 valence electrons. The van der Waals surface area contributed by atoms with Crippen LogP contribution >= 0.6 is 22.9 Å². The first-order chi connectivity index (χ1) is 6.03. The molecule has 0 N–H and O–H groups in total. The van der Waals surface area contributed by atoms with E-state index in [2.05, 4.69) is 12.6 Å². The molecule has 0 unspecified atom stereocenters. The van der Waals surface area contributed by atoms with Gasteiger partial charge in [-0.2, -0.15) is 12.6 Å². The Bertz CT molecular complexity index is 337. The smallest absolute Gasteiger partial charge is 0.175 e. The van der Waals surface area contributed by atoms with Crippen LogP contribution in [0.1, 0.15) is 5.56 Å². The van der Waals surface area contributed by atoms with Crippen LogP contribution in [0.5, 0.6) is 0 Å². The standard InChI is InChI=1S/C7H7F5S2/c8-14(9,10,11,12)7-3-1-6(5-13)2-4-7/h1-4,13H,5H2. The topological polar surface area (TPSA) is 0 Å². The van der Waals surface area contributed by atoms with Gasteiger partial charge in [0, 0.05) is 5.75 Å². The fourth-order valence-corrected chi connectivity index (χ4v) is 1.71. The molecule has 0 spiro atoms. The van der Waals surface area contributed by atoms with Gasteiger partial charge in [0.2, 0.25) is 0 Å². The van der Waals surface area contributed by atoms with Crippen LogP contribution in [0.3, 0.4) is 0 Å². The van der Waals surface area contributed by atoms with Gasteiger partial charge < -0.3 is 0 Å². The molecule has 0 saturated carbocycles. The van der Waals surface area contributed by atoms with Crippen LogP contribution < -0.4 is 0 Å². The number of hydrogen-bond donors (Lipinski definition) is 1. The lowest BCUT2D eigenvalue weighted by molar-refractivity contribution is 0.364. The summed E-state index contributed by atoms with van der Waals surface area (Å²) >= 11 is 3.80. The second-order valence-corrected chi connectivity index (χ2v) is 5.50. The minimum absolute atomic E-state index is 0.209. The minimum Gasteiger partial charge on any atom is -0.175 e. The first-order valence-electron chi connectivity index (χ1n) is 3.47. The van der Waals surface area contributed by atoms with Gasteiger partial charge in [-0.05, 0) is 17.7 Å². The number of rotatable bonds is 2. The molecule has 0 radical (unpaired) electrons. The van der Waals surface area contributed by atoms with Gasteiger partial charge in [-0.3, -0.25) is 0 Å². The number of halogens is 5. The van der Waals surface area contributed by atoms with Crippen molar-refractivity contribution in [2.24, 2.45) is 0 Å². The van der Waals surface area contributed by atoms with Crippen LogP contribution in [0.2, 0.25) is 0 Å². The predicted molar refractivity (Wildman–Crippen MR) is 50.5 cm³/mol. The highest BCUT2D eigenvalue weighted by molar-refractivity contribution is 8.45. The van der Waals surface area contributed by atoms with Crippen molar-refractivity contribution in [1.29, 1.82) is 0 Å². The Balaban J connectivity index is 3.24. The second kappa shape index (κ2) is 2.57. The van der Waals surface area contributed by atoms with Gasteiger partial charge in [-0.1, -0.05) is 31.6 Å². The van der Waals surface area contributed by atoms with Crippen molar-refractivity contribution in [1.82, 2.24) is 0 Å². The Hall–Kier alpha value is -0.430. The minimum atomic E-state index is -9.49. The van der Waals surface area contributed by atoms with Crippen molar-refractivity contribution in [3.8, 4) is 0 Å². The van der Waals surface area contributed by atoms with Crippen molar-refractivity contribution in [2.75, 3.05) is 0 Å². The van der Waals surface area contributed by atoms with Gasteiger partial charge in [0.1, 0.15) is 4.90 Å². The molecule has 1 rings (SSSR count). The van der Waals surface area contributed by atoms with E-state index in [1.54, 1.807) is 0 Å². The van der Waals surface area contributed by atoms with Crippen LogP contribution in [0.15, 0.2) is 29.2 Å². The van der Waals surface area contributed by atoms with Gasteiger partial charge in [-0.25, -0.2) is 0 Å². The molecule has 0 fully saturated rings. The molecule has 0 aromatic heterocycles. The maximum Gasteiger partial charge on any atom is 0.310 e. The molecule has 0 aliphatic carbocycles. The molecule has 14 heavy (non-hydrogen) atoms. The zero-order chi connectivity index (χ0) is 11.1. The summed E-state index contributed by atoms with van der Waals surface area (Å²) in [5.41, 5.74) is 0.457. The summed E-state index contributed by atoms with van der Waals surface area (Å²) in [4.78, 5) is -1.87. The summed E-state index contributed by atoms with van der Waals surface area (Å²) in [6, 6.07) is 2.74. The Morgan fingerprint density at radius 1 is 0.929 bits per heavy atom. The van der Waals surface area contributed by atoms with E-state index in [9.17, 15) is 19.4 Å². The second-order valence-electron chi connectivity index (χ2n) is 2.77. The van der Waals surface area contributed by atoms with Crippen LogP contribution in [-0.2, 0) is 5.75 Å². The highest BCUT2D eigenvalue weighted by Gasteiger charge is 2.65. The normalized spacial score (nSPS) is 17.3. The van der Waals surface area contributed by atoms with Gasteiger partial charge in [0.15, 0.2) is 0 Å². The van der Waals surface area contributed by atoms with Gasteiger partial charge in [-0.15, -0.1) is 0 Å². The summed E-state index contributed by atoms with van der Waals surface area (Å²) < 4.78 is 60.8. The van der Waals surface area contributed by atoms with E-state index >= 15 is 0 Å². The summed E-state index contributed by atoms with van der Waals surface area (Å²) in [5, 5.41) is 0. The third-order valence-corrected chi connectivity index (χ3v) is 3.08. The fraction of sp³-hybridized carbons (Fsp3) is 0.143. The first kappa shape index (κ1) is 11.6. The molecule has 7 heteroatoms. The number of benzene rings is 1. The van der Waals surface area contributed by atoms with Crippen molar-refractivity contribution >= 4 is 22.9 Å². The lowest BCUT2D eigenvalue weighted by atomic mass is 10.2. The van der Waals surface area contributed by atoms with Crippen molar-refractivity contribution in [3.05, 3.63) is 29.8 Å². The molecule has 0 atom stereocenters. The maximum absolute atomic E-state index is 12.2. The summed E-state index contributed by atoms with van der Waals surface area (Å²) in [5.74, 6) is 0.209. The zero-order valence-electron chi connectivity index (χ0n) is 6.76. The molecule has 0 aliphatic rings. The largest absolute Gasteiger partial charge is 0.310 e. The van der Waals surface area contributed by atoms with Crippen molar-refractivity contribution < 1.29 is 19.4 Å². The molecule has 1 aromatic rings. The molecule has 1 aromatic carbocycles. The monoisotopic (exact) mass is 250 g/mol. The van der Waals surface area contributed by atoms with Crippen molar-refractivity contribution in [3.63, 3.8) is 0 Å². The van der Waals surface area contributed by atoms with Crippen LogP contribution in [0, 0.1) is 0 Å². The summed E-state index contributed by atoms with van der Waals surface area (Å²) in [6.45, 7) is 0. The fourth-order valence-electron chi connectivity index (χ4n) is 0.852. The lowest BCUT2D eigenvalue weighted by Crippen LogP contribution is -2.05. The summed E-state index contributed by atoms with van der Waals surface area (Å²) in [7, 11) is -9.49. The Kier molecular flexibility index (Phi) is 2.14. The highest BCUT2D eigenvalue weighted by Crippen LogP contribution is 3.02. The average Bonchev–Trinajstić information content (AvgIpc) is 2.01. The molecular formula is C7H7F5S2. The molecular weight excluding hydrogens is 243 g/mol. The Labute approximate surface area is 83.3 Å². The quantitative estimate of drug-likeness (QED) is 0.567. The van der Waals surface area contributed by atoms with Crippen LogP contribution in [0.4, 0.5) is 19.4 Å². The highest BCUT2D eigenvalue weighted by atomic mass is 32.5. The predicted octanol–water partition coefficient (Wildman–Crippen LogP) is 4.77. The zero-order valence-corrected chi connectivity index (χ0v) is 8.47. The average molecular weight is 250 g/mol. The Morgan fingerprint density at radius 3 is 1.64 bits per heavy atom. The molecule has 0 heterocycles. The lowest BCUT2D eigenvalue weighted by Gasteiger charge is -2.40. The van der Waals surface area contributed by atoms with E-state index < -0.39 is 15.1 Å². The third kappa shape index (κ3) is 2.78. The summed E-state index contributed by atoms with van der Waals surface area (Å²) in [6.07, 6.45) is 0. The van der Waals surface area contributed by atoms with E-state index in [1.807, 2.05) is 0 Å². The molecule has 0 aliphatic heterocycles. The number of hydrogen-bond acceptors (Lipinski definition) is 1. The molecule has 0 bridgehead atoms. The Morgan fingerprint density at radius 2 is 1.36 bits per heavy atom. The van der Waals surface area contributed by atoms with Crippen molar-refractivity contribution in [2.45, 2.75) is 10.6 Å². The first-order valence-corrected chi connectivity index (χ1v) is 6.05. The molecule has 0 nitrogen and oxygen atoms in total. The van der Waals surface area contributed by atoms with E-state index in [0.29, 0.717) is 17.7 Å². The molecule has 0 amide bonds. The van der Waals surface area contributed by atoms with E-state index in [1.165, 1.54) is 0 Å². The van der Waals surface area contributed by atoms with E-state index in [0.717, 1.165) is 12.1 Å². The number of thiol groups is 1. The van der Waals surface area contributed by atoms with Crippen LogP contribution in [-0.4, -0.2) is 0 Å². The van der Waals surface area contributed by atoms with E-state index in [4.69, 9.17) is 0 Å². The maximum atomic E-state index is 12.2. The van der Waals surface area contributed by atoms with Gasteiger partial charge in [0.25, 0.3) is 0 Å². The SMILES string of the molecule is FS(F)(F)(F)(F)c1ccc(CS)cc1.